The van der Waals surface area contributed by atoms with Crippen molar-refractivity contribution in [2.45, 2.75) is 19.9 Å². The van der Waals surface area contributed by atoms with Crippen LogP contribution in [0.25, 0.3) is 0 Å². The van der Waals surface area contributed by atoms with Crippen molar-refractivity contribution in [2.75, 3.05) is 5.32 Å². The number of phenolic OH excluding ortho intramolecular Hbond substituents is 1. The molecule has 0 aromatic heterocycles. The summed E-state index contributed by atoms with van der Waals surface area (Å²) < 4.78 is 0. The van der Waals surface area contributed by atoms with Crippen molar-refractivity contribution >= 4 is 29.1 Å². The summed E-state index contributed by atoms with van der Waals surface area (Å²) in [7, 11) is 0. The lowest BCUT2D eigenvalue weighted by Crippen LogP contribution is -2.42. The maximum atomic E-state index is 13.1. The van der Waals surface area contributed by atoms with Gasteiger partial charge in [0.15, 0.2) is 0 Å². The molecule has 6 nitrogen and oxygen atoms in total. The minimum absolute atomic E-state index is 0.0470. The van der Waals surface area contributed by atoms with Crippen LogP contribution in [0.1, 0.15) is 18.9 Å². The van der Waals surface area contributed by atoms with Crippen molar-refractivity contribution in [3.05, 3.63) is 82.0 Å². The number of anilines is 1. The van der Waals surface area contributed by atoms with Gasteiger partial charge in [-0.25, -0.2) is 0 Å². The van der Waals surface area contributed by atoms with Crippen LogP contribution in [0.15, 0.2) is 71.5 Å². The van der Waals surface area contributed by atoms with Gasteiger partial charge < -0.3 is 10.4 Å². The molecule has 0 unspecified atom stereocenters. The molecule has 0 fully saturated rings. The molecule has 146 valence electrons. The van der Waals surface area contributed by atoms with Crippen LogP contribution in [0.4, 0.5) is 5.69 Å². The van der Waals surface area contributed by atoms with Crippen LogP contribution in [0.5, 0.6) is 5.75 Å². The largest absolute Gasteiger partial charge is 0.506 e. The molecule has 0 radical (unpaired) electrons. The summed E-state index contributed by atoms with van der Waals surface area (Å²) in [5, 5.41) is 22.8. The molecule has 29 heavy (non-hydrogen) atoms. The van der Waals surface area contributed by atoms with Gasteiger partial charge in [-0.3, -0.25) is 14.5 Å². The first kappa shape index (κ1) is 20.2. The summed E-state index contributed by atoms with van der Waals surface area (Å²) in [5.41, 5.74) is 1.57. The number of halogens is 1. The van der Waals surface area contributed by atoms with Crippen molar-refractivity contribution in [1.29, 1.82) is 5.26 Å². The smallest absolute Gasteiger partial charge is 0.272 e. The molecule has 7 heteroatoms. The Morgan fingerprint density at radius 3 is 2.55 bits per heavy atom. The lowest BCUT2D eigenvalue weighted by atomic mass is 9.92. The Labute approximate surface area is 173 Å². The Morgan fingerprint density at radius 1 is 1.17 bits per heavy atom. The van der Waals surface area contributed by atoms with E-state index in [0.29, 0.717) is 22.7 Å². The average Bonchev–Trinajstić information content (AvgIpc) is 2.73. The molecule has 1 aliphatic heterocycles. The first-order valence-electron chi connectivity index (χ1n) is 8.95. The molecule has 0 saturated heterocycles. The van der Waals surface area contributed by atoms with Crippen molar-refractivity contribution in [1.82, 2.24) is 4.90 Å². The molecule has 1 aliphatic rings. The zero-order chi connectivity index (χ0) is 21.0. The van der Waals surface area contributed by atoms with Gasteiger partial charge in [0, 0.05) is 11.2 Å². The van der Waals surface area contributed by atoms with E-state index in [1.807, 2.05) is 24.3 Å². The molecule has 0 saturated carbocycles. The van der Waals surface area contributed by atoms with Crippen LogP contribution >= 0.6 is 11.6 Å². The second kappa shape index (κ2) is 8.63. The van der Waals surface area contributed by atoms with E-state index in [4.69, 9.17) is 11.6 Å². The monoisotopic (exact) mass is 407 g/mol. The first-order valence-corrected chi connectivity index (χ1v) is 9.33. The Morgan fingerprint density at radius 2 is 1.90 bits per heavy atom. The summed E-state index contributed by atoms with van der Waals surface area (Å²) in [4.78, 5) is 26.9. The molecule has 0 aliphatic carbocycles. The van der Waals surface area contributed by atoms with E-state index in [9.17, 15) is 20.0 Å². The number of hydrogen-bond donors (Lipinski definition) is 2. The average molecular weight is 408 g/mol. The van der Waals surface area contributed by atoms with E-state index < -0.39 is 11.8 Å². The van der Waals surface area contributed by atoms with E-state index in [0.717, 1.165) is 10.5 Å². The van der Waals surface area contributed by atoms with E-state index in [1.54, 1.807) is 19.1 Å². The number of nitriles is 1. The van der Waals surface area contributed by atoms with Gasteiger partial charge in [-0.1, -0.05) is 48.9 Å². The minimum atomic E-state index is -0.610. The van der Waals surface area contributed by atoms with Crippen molar-refractivity contribution < 1.29 is 14.7 Å². The van der Waals surface area contributed by atoms with Gasteiger partial charge in [-0.2, -0.15) is 5.26 Å². The number of benzene rings is 2. The van der Waals surface area contributed by atoms with Crippen LogP contribution < -0.4 is 5.32 Å². The van der Waals surface area contributed by atoms with Crippen molar-refractivity contribution in [3.63, 3.8) is 0 Å². The third-order valence-electron chi connectivity index (χ3n) is 4.54. The number of hydrogen-bond acceptors (Lipinski definition) is 5. The fraction of sp³-hybridized carbons (Fsp3) is 0.136. The summed E-state index contributed by atoms with van der Waals surface area (Å²) in [6.07, 6.45) is 1.73. The number of nitrogens with zero attached hydrogens (tertiary/aromatic N) is 2. The molecule has 0 bridgehead atoms. The predicted molar refractivity (Wildman–Crippen MR) is 110 cm³/mol. The highest BCUT2D eigenvalue weighted by atomic mass is 35.5. The van der Waals surface area contributed by atoms with E-state index >= 15 is 0 Å². The quantitative estimate of drug-likeness (QED) is 0.441. The lowest BCUT2D eigenvalue weighted by molar-refractivity contribution is -0.141. The van der Waals surface area contributed by atoms with Crippen molar-refractivity contribution in [3.8, 4) is 11.8 Å². The van der Waals surface area contributed by atoms with Crippen LogP contribution in [0.3, 0.4) is 0 Å². The number of carbonyl (C=O) groups excluding carboxylic acids is 2. The highest BCUT2D eigenvalue weighted by Crippen LogP contribution is 2.31. The molecular formula is C22H18ClN3O3. The standard InChI is InChI=1S/C22H18ClN3O3/c1-2-16-17(11-24)21(28)26(13-14-6-4-3-5-7-14)22(29)18(16)12-25-19-10-15(23)8-9-20(19)27/h3-10,12,25,27H,2,13H2,1H3/b18-12-. The Kier molecular flexibility index (Phi) is 6.01. The number of nitrogens with one attached hydrogen (secondary N) is 1. The number of carbonyl (C=O) groups is 2. The van der Waals surface area contributed by atoms with Gasteiger partial charge in [-0.05, 0) is 35.8 Å². The Balaban J connectivity index is 2.02. The zero-order valence-corrected chi connectivity index (χ0v) is 16.4. The third kappa shape index (κ3) is 4.15. The number of imide groups is 1. The Hall–Kier alpha value is -3.56. The first-order chi connectivity index (χ1) is 14.0. The number of rotatable bonds is 5. The summed E-state index contributed by atoms with van der Waals surface area (Å²) in [5.74, 6) is -1.17. The van der Waals surface area contributed by atoms with Crippen LogP contribution in [-0.4, -0.2) is 21.8 Å². The van der Waals surface area contributed by atoms with Gasteiger partial charge >= 0.3 is 0 Å². The molecule has 3 rings (SSSR count). The summed E-state index contributed by atoms with van der Waals surface area (Å²) in [6, 6.07) is 15.5. The molecular weight excluding hydrogens is 390 g/mol. The minimum Gasteiger partial charge on any atom is -0.506 e. The SMILES string of the molecule is CCC1=C(C#N)C(=O)N(Cc2ccccc2)C(=O)/C1=C\Nc1cc(Cl)ccc1O. The Bertz CT molecular complexity index is 1070. The van der Waals surface area contributed by atoms with Gasteiger partial charge in [0.2, 0.25) is 0 Å². The van der Waals surface area contributed by atoms with Gasteiger partial charge in [0.25, 0.3) is 11.8 Å². The molecule has 2 aromatic carbocycles. The molecule has 0 spiro atoms. The predicted octanol–water partition coefficient (Wildman–Crippen LogP) is 4.14. The zero-order valence-electron chi connectivity index (χ0n) is 15.6. The van der Waals surface area contributed by atoms with E-state index in [-0.39, 0.29) is 23.4 Å². The third-order valence-corrected chi connectivity index (χ3v) is 4.78. The second-order valence-corrected chi connectivity index (χ2v) is 6.80. The van der Waals surface area contributed by atoms with Crippen LogP contribution in [0.2, 0.25) is 5.02 Å². The molecule has 0 atom stereocenters. The van der Waals surface area contributed by atoms with Crippen LogP contribution in [0, 0.1) is 11.3 Å². The highest BCUT2D eigenvalue weighted by molar-refractivity contribution is 6.31. The summed E-state index contributed by atoms with van der Waals surface area (Å²) >= 11 is 5.96. The molecule has 2 aromatic rings. The van der Waals surface area contributed by atoms with Gasteiger partial charge in [0.05, 0.1) is 17.8 Å². The molecule has 1 heterocycles. The lowest BCUT2D eigenvalue weighted by Gasteiger charge is -2.28. The normalized spacial score (nSPS) is 15.6. The van der Waals surface area contributed by atoms with Crippen molar-refractivity contribution in [2.24, 2.45) is 0 Å². The fourth-order valence-electron chi connectivity index (χ4n) is 3.08. The maximum Gasteiger partial charge on any atom is 0.272 e. The molecule has 2 amide bonds. The van der Waals surface area contributed by atoms with E-state index in [2.05, 4.69) is 5.32 Å². The van der Waals surface area contributed by atoms with Crippen LogP contribution in [-0.2, 0) is 16.1 Å². The van der Waals surface area contributed by atoms with E-state index in [1.165, 1.54) is 24.4 Å². The summed E-state index contributed by atoms with van der Waals surface area (Å²) in [6.45, 7) is 1.82. The fourth-order valence-corrected chi connectivity index (χ4v) is 3.25. The second-order valence-electron chi connectivity index (χ2n) is 6.36. The molecule has 2 N–H and O–H groups in total. The van der Waals surface area contributed by atoms with Gasteiger partial charge in [0.1, 0.15) is 17.4 Å². The highest BCUT2D eigenvalue weighted by Gasteiger charge is 2.36. The van der Waals surface area contributed by atoms with Gasteiger partial charge in [-0.15, -0.1) is 0 Å². The number of phenols is 1. The number of aromatic hydroxyl groups is 1. The topological polar surface area (TPSA) is 93.4 Å². The number of amides is 2. The maximum absolute atomic E-state index is 13.1.